The minimum Gasteiger partial charge on any atom is -0.351 e. The molecule has 0 aliphatic rings. The molecule has 0 saturated carbocycles. The Bertz CT molecular complexity index is 593. The molecule has 0 aliphatic carbocycles. The molecular weight excluding hydrogens is 238 g/mol. The van der Waals surface area contributed by atoms with Gasteiger partial charge in [0.15, 0.2) is 0 Å². The molecule has 2 aromatic rings. The van der Waals surface area contributed by atoms with Gasteiger partial charge in [0.25, 0.3) is 5.91 Å². The SMILES string of the molecule is Cc1sc(NC(=O)c2ccno2)c(C#N)c1C. The monoisotopic (exact) mass is 247 g/mol. The van der Waals surface area contributed by atoms with Gasteiger partial charge in [-0.1, -0.05) is 5.16 Å². The maximum atomic E-state index is 11.7. The number of aromatic nitrogens is 1. The summed E-state index contributed by atoms with van der Waals surface area (Å²) in [4.78, 5) is 12.7. The summed E-state index contributed by atoms with van der Waals surface area (Å²) in [7, 11) is 0. The predicted molar refractivity (Wildman–Crippen MR) is 63.0 cm³/mol. The lowest BCUT2D eigenvalue weighted by Gasteiger charge is -1.99. The Hall–Kier alpha value is -2.13. The standard InChI is InChI=1S/C11H9N3O2S/c1-6-7(2)17-11(8(6)5-12)14-10(15)9-3-4-13-16-9/h3-4H,1-2H3,(H,14,15). The molecule has 86 valence electrons. The van der Waals surface area contributed by atoms with Gasteiger partial charge in [0.1, 0.15) is 11.1 Å². The largest absolute Gasteiger partial charge is 0.351 e. The average Bonchev–Trinajstić information content (AvgIpc) is 2.89. The highest BCUT2D eigenvalue weighted by Gasteiger charge is 2.17. The summed E-state index contributed by atoms with van der Waals surface area (Å²) in [6.45, 7) is 3.76. The van der Waals surface area contributed by atoms with E-state index in [2.05, 4.69) is 16.5 Å². The zero-order chi connectivity index (χ0) is 12.4. The van der Waals surface area contributed by atoms with E-state index in [9.17, 15) is 4.79 Å². The van der Waals surface area contributed by atoms with Gasteiger partial charge >= 0.3 is 0 Å². The first kappa shape index (κ1) is 11.4. The number of anilines is 1. The lowest BCUT2D eigenvalue weighted by atomic mass is 10.2. The number of hydrogen-bond donors (Lipinski definition) is 1. The summed E-state index contributed by atoms with van der Waals surface area (Å²) < 4.78 is 4.74. The number of nitrogens with zero attached hydrogens (tertiary/aromatic N) is 2. The second-order valence-electron chi connectivity index (χ2n) is 3.43. The van der Waals surface area contributed by atoms with Crippen LogP contribution in [0.3, 0.4) is 0 Å². The topological polar surface area (TPSA) is 78.9 Å². The Balaban J connectivity index is 2.29. The number of nitriles is 1. The van der Waals surface area contributed by atoms with Crippen molar-refractivity contribution >= 4 is 22.2 Å². The third kappa shape index (κ3) is 2.05. The van der Waals surface area contributed by atoms with Crippen LogP contribution in [0.25, 0.3) is 0 Å². The molecule has 0 radical (unpaired) electrons. The normalized spacial score (nSPS) is 9.94. The van der Waals surface area contributed by atoms with Crippen LogP contribution in [0.15, 0.2) is 16.8 Å². The maximum Gasteiger partial charge on any atom is 0.294 e. The maximum absolute atomic E-state index is 11.7. The number of thiophene rings is 1. The molecule has 17 heavy (non-hydrogen) atoms. The average molecular weight is 247 g/mol. The molecule has 2 rings (SSSR count). The van der Waals surface area contributed by atoms with Crippen molar-refractivity contribution in [1.82, 2.24) is 5.16 Å². The Labute approximate surface area is 102 Å². The Morgan fingerprint density at radius 2 is 2.35 bits per heavy atom. The van der Waals surface area contributed by atoms with Crippen molar-refractivity contribution in [2.24, 2.45) is 0 Å². The first-order valence-electron chi connectivity index (χ1n) is 4.85. The number of amides is 1. The van der Waals surface area contributed by atoms with Crippen LogP contribution >= 0.6 is 11.3 Å². The van der Waals surface area contributed by atoms with Gasteiger partial charge in [-0.15, -0.1) is 11.3 Å². The van der Waals surface area contributed by atoms with Gasteiger partial charge in [-0.25, -0.2) is 0 Å². The first-order valence-corrected chi connectivity index (χ1v) is 5.67. The fraction of sp³-hybridized carbons (Fsp3) is 0.182. The zero-order valence-corrected chi connectivity index (χ0v) is 10.1. The molecule has 2 aromatic heterocycles. The molecule has 0 atom stereocenters. The van der Waals surface area contributed by atoms with E-state index in [1.54, 1.807) is 0 Å². The van der Waals surface area contributed by atoms with Crippen molar-refractivity contribution in [3.8, 4) is 6.07 Å². The zero-order valence-electron chi connectivity index (χ0n) is 9.27. The van der Waals surface area contributed by atoms with Crippen molar-refractivity contribution in [1.29, 1.82) is 5.26 Å². The summed E-state index contributed by atoms with van der Waals surface area (Å²) in [5.41, 5.74) is 1.39. The van der Waals surface area contributed by atoms with Crippen LogP contribution in [0, 0.1) is 25.2 Å². The van der Waals surface area contributed by atoms with Crippen molar-refractivity contribution in [2.75, 3.05) is 5.32 Å². The van der Waals surface area contributed by atoms with E-state index in [0.29, 0.717) is 10.6 Å². The number of nitrogens with one attached hydrogen (secondary N) is 1. The van der Waals surface area contributed by atoms with Crippen molar-refractivity contribution in [2.45, 2.75) is 13.8 Å². The molecule has 0 spiro atoms. The van der Waals surface area contributed by atoms with Crippen molar-refractivity contribution in [3.63, 3.8) is 0 Å². The minimum atomic E-state index is -0.403. The molecule has 0 saturated heterocycles. The van der Waals surface area contributed by atoms with Crippen LogP contribution in [0.2, 0.25) is 0 Å². The minimum absolute atomic E-state index is 0.123. The van der Waals surface area contributed by atoms with Gasteiger partial charge in [0, 0.05) is 10.9 Å². The highest BCUT2D eigenvalue weighted by Crippen LogP contribution is 2.31. The fourth-order valence-corrected chi connectivity index (χ4v) is 2.35. The molecule has 0 unspecified atom stereocenters. The van der Waals surface area contributed by atoms with E-state index in [4.69, 9.17) is 9.78 Å². The van der Waals surface area contributed by atoms with E-state index < -0.39 is 5.91 Å². The first-order chi connectivity index (χ1) is 8.13. The van der Waals surface area contributed by atoms with Gasteiger partial charge in [-0.3, -0.25) is 4.79 Å². The number of carbonyl (C=O) groups is 1. The van der Waals surface area contributed by atoms with Crippen molar-refractivity contribution in [3.05, 3.63) is 34.0 Å². The molecule has 0 aliphatic heterocycles. The summed E-state index contributed by atoms with van der Waals surface area (Å²) in [5, 5.41) is 15.7. The molecular formula is C11H9N3O2S. The molecule has 0 aromatic carbocycles. The smallest absolute Gasteiger partial charge is 0.294 e. The van der Waals surface area contributed by atoms with Gasteiger partial charge in [0.2, 0.25) is 5.76 Å². The van der Waals surface area contributed by atoms with Crippen LogP contribution in [0.4, 0.5) is 5.00 Å². The Morgan fingerprint density at radius 1 is 1.59 bits per heavy atom. The summed E-state index contributed by atoms with van der Waals surface area (Å²) >= 11 is 1.37. The highest BCUT2D eigenvalue weighted by molar-refractivity contribution is 7.16. The van der Waals surface area contributed by atoms with E-state index in [-0.39, 0.29) is 5.76 Å². The second kappa shape index (κ2) is 4.39. The van der Waals surface area contributed by atoms with E-state index in [1.165, 1.54) is 23.6 Å². The lowest BCUT2D eigenvalue weighted by Crippen LogP contribution is -2.10. The van der Waals surface area contributed by atoms with Gasteiger partial charge < -0.3 is 9.84 Å². The highest BCUT2D eigenvalue weighted by atomic mass is 32.1. The van der Waals surface area contributed by atoms with Crippen LogP contribution in [-0.2, 0) is 0 Å². The Morgan fingerprint density at radius 3 is 2.94 bits per heavy atom. The van der Waals surface area contributed by atoms with Gasteiger partial charge in [0.05, 0.1) is 11.8 Å². The molecule has 0 fully saturated rings. The van der Waals surface area contributed by atoms with Gasteiger partial charge in [-0.05, 0) is 19.4 Å². The third-order valence-electron chi connectivity index (χ3n) is 2.39. The molecule has 2 heterocycles. The number of carbonyl (C=O) groups excluding carboxylic acids is 1. The van der Waals surface area contributed by atoms with Crippen LogP contribution in [-0.4, -0.2) is 11.1 Å². The summed E-state index contributed by atoms with van der Waals surface area (Å²) in [5.74, 6) is -0.280. The number of hydrogen-bond acceptors (Lipinski definition) is 5. The van der Waals surface area contributed by atoms with Crippen molar-refractivity contribution < 1.29 is 9.32 Å². The second-order valence-corrected chi connectivity index (χ2v) is 4.65. The fourth-order valence-electron chi connectivity index (χ4n) is 1.35. The number of aryl methyl sites for hydroxylation is 1. The van der Waals surface area contributed by atoms with E-state index in [0.717, 1.165) is 10.4 Å². The van der Waals surface area contributed by atoms with E-state index in [1.807, 2.05) is 13.8 Å². The third-order valence-corrected chi connectivity index (χ3v) is 3.51. The molecule has 1 N–H and O–H groups in total. The van der Waals surface area contributed by atoms with Crippen LogP contribution < -0.4 is 5.32 Å². The number of rotatable bonds is 2. The predicted octanol–water partition coefficient (Wildman–Crippen LogP) is 2.48. The van der Waals surface area contributed by atoms with Crippen LogP contribution in [0.5, 0.6) is 0 Å². The van der Waals surface area contributed by atoms with Crippen LogP contribution in [0.1, 0.15) is 26.6 Å². The van der Waals surface area contributed by atoms with E-state index >= 15 is 0 Å². The summed E-state index contributed by atoms with van der Waals surface area (Å²) in [6, 6.07) is 3.55. The quantitative estimate of drug-likeness (QED) is 0.884. The lowest BCUT2D eigenvalue weighted by molar-refractivity contribution is 0.0988. The molecule has 6 heteroatoms. The van der Waals surface area contributed by atoms with Gasteiger partial charge in [-0.2, -0.15) is 5.26 Å². The Kier molecular flexibility index (Phi) is 2.93. The molecule has 0 bridgehead atoms. The molecule has 1 amide bonds. The summed E-state index contributed by atoms with van der Waals surface area (Å²) in [6.07, 6.45) is 1.39. The molecule has 5 nitrogen and oxygen atoms in total.